The molecule has 1 fully saturated rings. The molecule has 3 heterocycles. The molecule has 39 heavy (non-hydrogen) atoms. The van der Waals surface area contributed by atoms with E-state index in [1.54, 1.807) is 18.3 Å². The normalized spacial score (nSPS) is 17.3. The lowest BCUT2D eigenvalue weighted by Crippen LogP contribution is -2.29. The summed E-state index contributed by atoms with van der Waals surface area (Å²) in [6, 6.07) is 20.5. The first-order valence-corrected chi connectivity index (χ1v) is 14.9. The Bertz CT molecular complexity index is 1660. The Morgan fingerprint density at radius 1 is 1.05 bits per heavy atom. The Morgan fingerprint density at radius 3 is 2.51 bits per heavy atom. The molecule has 0 radical (unpaired) electrons. The van der Waals surface area contributed by atoms with Gasteiger partial charge in [-0.25, -0.2) is 8.42 Å². The minimum Gasteiger partial charge on any atom is -0.495 e. The molecule has 4 aromatic rings. The number of methoxy groups -OCH3 is 1. The molecule has 0 spiro atoms. The lowest BCUT2D eigenvalue weighted by molar-refractivity contribution is 0.417. The van der Waals surface area contributed by atoms with Crippen molar-refractivity contribution < 1.29 is 13.2 Å². The van der Waals surface area contributed by atoms with E-state index in [2.05, 4.69) is 39.5 Å². The Labute approximate surface area is 238 Å². The van der Waals surface area contributed by atoms with Gasteiger partial charge in [0.05, 0.1) is 36.8 Å². The highest BCUT2D eigenvalue weighted by Crippen LogP contribution is 2.45. The number of sulfonamides is 1. The first-order chi connectivity index (χ1) is 18.6. The van der Waals surface area contributed by atoms with E-state index >= 15 is 0 Å². The molecule has 2 aromatic carbocycles. The van der Waals surface area contributed by atoms with Gasteiger partial charge in [0.15, 0.2) is 5.11 Å². The number of aryl methyl sites for hydroxylation is 1. The van der Waals surface area contributed by atoms with Gasteiger partial charge in [0.1, 0.15) is 5.75 Å². The number of thiocarbonyl (C=S) groups is 1. The second kappa shape index (κ2) is 10.5. The molecule has 0 unspecified atom stereocenters. The summed E-state index contributed by atoms with van der Waals surface area (Å²) in [5.74, 6) is 0.402. The van der Waals surface area contributed by atoms with E-state index in [0.29, 0.717) is 27.3 Å². The third-order valence-corrected chi connectivity index (χ3v) is 7.85. The molecule has 5 rings (SSSR count). The first kappa shape index (κ1) is 27.0. The van der Waals surface area contributed by atoms with Crippen LogP contribution in [0, 0.1) is 13.8 Å². The van der Waals surface area contributed by atoms with Crippen molar-refractivity contribution in [2.45, 2.75) is 25.9 Å². The van der Waals surface area contributed by atoms with Crippen LogP contribution < -0.4 is 19.7 Å². The van der Waals surface area contributed by atoms with Crippen molar-refractivity contribution in [3.8, 4) is 11.4 Å². The highest BCUT2D eigenvalue weighted by atomic mass is 35.5. The molecule has 8 nitrogen and oxygen atoms in total. The molecule has 0 amide bonds. The van der Waals surface area contributed by atoms with Gasteiger partial charge in [-0.3, -0.25) is 9.71 Å². The summed E-state index contributed by atoms with van der Waals surface area (Å²) in [7, 11) is -2.05. The monoisotopic (exact) mass is 581 g/mol. The van der Waals surface area contributed by atoms with Gasteiger partial charge in [-0.2, -0.15) is 0 Å². The summed E-state index contributed by atoms with van der Waals surface area (Å²) in [6.07, 6.45) is 2.86. The fraction of sp³-hybridized carbons (Fsp3) is 0.214. The maximum atomic E-state index is 12.1. The molecule has 1 saturated heterocycles. The van der Waals surface area contributed by atoms with Crippen LogP contribution in [0.3, 0.4) is 0 Å². The molecule has 2 aromatic heterocycles. The maximum Gasteiger partial charge on any atom is 0.229 e. The zero-order chi connectivity index (χ0) is 27.9. The predicted molar refractivity (Wildman–Crippen MR) is 160 cm³/mol. The third-order valence-electron chi connectivity index (χ3n) is 6.71. The van der Waals surface area contributed by atoms with E-state index in [4.69, 9.17) is 28.6 Å². The Balaban J connectivity index is 1.69. The topological polar surface area (TPSA) is 88.5 Å². The van der Waals surface area contributed by atoms with Crippen molar-refractivity contribution >= 4 is 50.3 Å². The lowest BCUT2D eigenvalue weighted by Gasteiger charge is -2.29. The summed E-state index contributed by atoms with van der Waals surface area (Å²) < 4.78 is 34.3. The zero-order valence-electron chi connectivity index (χ0n) is 21.8. The number of hydrogen-bond acceptors (Lipinski definition) is 5. The van der Waals surface area contributed by atoms with Crippen molar-refractivity contribution in [3.05, 3.63) is 101 Å². The lowest BCUT2D eigenvalue weighted by atomic mass is 9.96. The van der Waals surface area contributed by atoms with Crippen LogP contribution in [0.5, 0.6) is 5.75 Å². The standard InChI is InChI=1S/C28H28ClN5O3S2/c1-17-14-22(18(2)33(17)20-9-7-8-19(29)15-20)27-26(23-10-5-6-13-30-23)31-28(38)34(27)21-11-12-25(37-3)24(16-21)32-39(4,35)36/h5-16,26-27,32H,1-4H3,(H,31,38)/t26-,27+/m0/s1. The Kier molecular flexibility index (Phi) is 7.28. The van der Waals surface area contributed by atoms with Crippen molar-refractivity contribution in [3.63, 3.8) is 0 Å². The number of aromatic nitrogens is 2. The number of ether oxygens (including phenoxy) is 1. The van der Waals surface area contributed by atoms with Gasteiger partial charge in [0.2, 0.25) is 10.0 Å². The highest BCUT2D eigenvalue weighted by molar-refractivity contribution is 7.92. The average Bonchev–Trinajstić information content (AvgIpc) is 3.38. The number of hydrogen-bond donors (Lipinski definition) is 2. The molecule has 11 heteroatoms. The number of rotatable bonds is 7. The number of nitrogens with zero attached hydrogens (tertiary/aromatic N) is 3. The minimum atomic E-state index is -3.55. The summed E-state index contributed by atoms with van der Waals surface area (Å²) in [4.78, 5) is 6.64. The van der Waals surface area contributed by atoms with Gasteiger partial charge in [0, 0.05) is 34.0 Å². The molecule has 0 aliphatic carbocycles. The van der Waals surface area contributed by atoms with Crippen molar-refractivity contribution in [1.82, 2.24) is 14.9 Å². The number of benzene rings is 2. The van der Waals surface area contributed by atoms with Crippen molar-refractivity contribution in [2.24, 2.45) is 0 Å². The Morgan fingerprint density at radius 2 is 1.85 bits per heavy atom. The zero-order valence-corrected chi connectivity index (χ0v) is 24.2. The molecule has 2 atom stereocenters. The fourth-order valence-electron chi connectivity index (χ4n) is 5.17. The van der Waals surface area contributed by atoms with Crippen LogP contribution in [0.25, 0.3) is 5.69 Å². The van der Waals surface area contributed by atoms with Gasteiger partial charge < -0.3 is 19.5 Å². The molecule has 1 aliphatic heterocycles. The molecule has 2 N–H and O–H groups in total. The van der Waals surface area contributed by atoms with Crippen LogP contribution in [0.2, 0.25) is 5.02 Å². The number of pyridine rings is 1. The number of anilines is 2. The van der Waals surface area contributed by atoms with Gasteiger partial charge in [-0.1, -0.05) is 23.7 Å². The third kappa shape index (κ3) is 5.32. The van der Waals surface area contributed by atoms with Gasteiger partial charge in [-0.05, 0) is 86.2 Å². The first-order valence-electron chi connectivity index (χ1n) is 12.2. The molecule has 0 saturated carbocycles. The average molecular weight is 582 g/mol. The minimum absolute atomic E-state index is 0.263. The highest BCUT2D eigenvalue weighted by Gasteiger charge is 2.42. The van der Waals surface area contributed by atoms with Crippen LogP contribution in [0.1, 0.15) is 34.7 Å². The smallest absolute Gasteiger partial charge is 0.229 e. The van der Waals surface area contributed by atoms with Gasteiger partial charge in [0.25, 0.3) is 0 Å². The van der Waals surface area contributed by atoms with Crippen molar-refractivity contribution in [1.29, 1.82) is 0 Å². The van der Waals surface area contributed by atoms with Crippen LogP contribution >= 0.6 is 23.8 Å². The van der Waals surface area contributed by atoms with Crippen LogP contribution in [0.15, 0.2) is 72.9 Å². The Hall–Kier alpha value is -3.60. The van der Waals surface area contributed by atoms with E-state index in [-0.39, 0.29) is 12.1 Å². The SMILES string of the molecule is COc1ccc(N2C(=S)N[C@@H](c3ccccn3)[C@H]2c2cc(C)n(-c3cccc(Cl)c3)c2C)cc1NS(C)(=O)=O. The number of halogens is 1. The van der Waals surface area contributed by atoms with Crippen LogP contribution in [0.4, 0.5) is 11.4 Å². The second-order valence-electron chi connectivity index (χ2n) is 9.40. The van der Waals surface area contributed by atoms with Crippen molar-refractivity contribution in [2.75, 3.05) is 23.0 Å². The molecule has 0 bridgehead atoms. The molecular weight excluding hydrogens is 554 g/mol. The summed E-state index contributed by atoms with van der Waals surface area (Å²) in [6.45, 7) is 4.13. The van der Waals surface area contributed by atoms with E-state index < -0.39 is 10.0 Å². The van der Waals surface area contributed by atoms with Crippen LogP contribution in [-0.4, -0.2) is 36.4 Å². The summed E-state index contributed by atoms with van der Waals surface area (Å²) >= 11 is 12.2. The van der Waals surface area contributed by atoms with Crippen LogP contribution in [-0.2, 0) is 10.0 Å². The van der Waals surface area contributed by atoms with E-state index in [1.807, 2.05) is 53.4 Å². The van der Waals surface area contributed by atoms with E-state index in [0.717, 1.165) is 34.6 Å². The fourth-order valence-corrected chi connectivity index (χ4v) is 6.26. The second-order valence-corrected chi connectivity index (χ2v) is 12.0. The quantitative estimate of drug-likeness (QED) is 0.271. The largest absolute Gasteiger partial charge is 0.495 e. The van der Waals surface area contributed by atoms with E-state index in [9.17, 15) is 8.42 Å². The maximum absolute atomic E-state index is 12.1. The van der Waals surface area contributed by atoms with E-state index in [1.165, 1.54) is 7.11 Å². The van der Waals surface area contributed by atoms with Gasteiger partial charge in [-0.15, -0.1) is 0 Å². The summed E-state index contributed by atoms with van der Waals surface area (Å²) in [5.41, 5.74) is 5.94. The summed E-state index contributed by atoms with van der Waals surface area (Å²) in [5, 5.41) is 4.62. The molecule has 1 aliphatic rings. The molecule has 202 valence electrons. The van der Waals surface area contributed by atoms with Gasteiger partial charge >= 0.3 is 0 Å². The number of nitrogens with one attached hydrogen (secondary N) is 2. The predicted octanol–water partition coefficient (Wildman–Crippen LogP) is 5.70. The molecular formula is C28H28ClN5O3S2.